The van der Waals surface area contributed by atoms with Gasteiger partial charge >= 0.3 is 0 Å². The van der Waals surface area contributed by atoms with Crippen LogP contribution in [-0.2, 0) is 0 Å². The van der Waals surface area contributed by atoms with E-state index in [4.69, 9.17) is 0 Å². The first-order valence-corrected chi connectivity index (χ1v) is 5.14. The van der Waals surface area contributed by atoms with Gasteiger partial charge in [-0.1, -0.05) is 18.2 Å². The molecular formula is C13H13FN2. The van der Waals surface area contributed by atoms with Crippen LogP contribution >= 0.6 is 0 Å². The number of halogens is 1. The summed E-state index contributed by atoms with van der Waals surface area (Å²) in [7, 11) is 1.82. The van der Waals surface area contributed by atoms with Crippen LogP contribution in [-0.4, -0.2) is 12.0 Å². The van der Waals surface area contributed by atoms with Crippen LogP contribution in [0.25, 0.3) is 0 Å². The van der Waals surface area contributed by atoms with Gasteiger partial charge in [0, 0.05) is 18.0 Å². The second-order valence-corrected chi connectivity index (χ2v) is 3.52. The molecule has 16 heavy (non-hydrogen) atoms. The molecule has 0 bridgehead atoms. The minimum atomic E-state index is -0.196. The number of hydrogen-bond donors (Lipinski definition) is 1. The van der Waals surface area contributed by atoms with Crippen molar-refractivity contribution in [1.29, 1.82) is 0 Å². The average molecular weight is 216 g/mol. The first-order valence-electron chi connectivity index (χ1n) is 5.14. The topological polar surface area (TPSA) is 24.9 Å². The van der Waals surface area contributed by atoms with E-state index in [-0.39, 0.29) is 11.9 Å². The molecule has 2 rings (SSSR count). The van der Waals surface area contributed by atoms with Crippen LogP contribution in [0.1, 0.15) is 17.2 Å². The molecule has 0 amide bonds. The molecule has 1 aromatic carbocycles. The lowest BCUT2D eigenvalue weighted by Crippen LogP contribution is -2.18. The monoisotopic (exact) mass is 216 g/mol. The zero-order chi connectivity index (χ0) is 11.4. The fourth-order valence-electron chi connectivity index (χ4n) is 1.77. The van der Waals surface area contributed by atoms with Crippen molar-refractivity contribution in [3.05, 3.63) is 65.7 Å². The normalized spacial score (nSPS) is 12.4. The van der Waals surface area contributed by atoms with Crippen LogP contribution in [0.3, 0.4) is 0 Å². The summed E-state index contributed by atoms with van der Waals surface area (Å²) in [6.45, 7) is 0. The zero-order valence-electron chi connectivity index (χ0n) is 9.02. The number of nitrogens with zero attached hydrogens (tertiary/aromatic N) is 1. The molecule has 82 valence electrons. The molecule has 0 aliphatic carbocycles. The quantitative estimate of drug-likeness (QED) is 0.852. The molecule has 1 N–H and O–H groups in total. The van der Waals surface area contributed by atoms with Crippen molar-refractivity contribution in [3.8, 4) is 0 Å². The van der Waals surface area contributed by atoms with E-state index in [1.165, 1.54) is 6.07 Å². The number of benzene rings is 1. The minimum absolute atomic E-state index is 0.135. The maximum atomic E-state index is 13.7. The first kappa shape index (κ1) is 10.8. The van der Waals surface area contributed by atoms with E-state index >= 15 is 0 Å². The molecule has 1 heterocycles. The highest BCUT2D eigenvalue weighted by Gasteiger charge is 2.14. The van der Waals surface area contributed by atoms with Crippen LogP contribution in [0.4, 0.5) is 4.39 Å². The molecule has 1 atom stereocenters. The number of rotatable bonds is 3. The second kappa shape index (κ2) is 4.86. The Morgan fingerprint density at radius 2 is 1.81 bits per heavy atom. The highest BCUT2D eigenvalue weighted by molar-refractivity contribution is 5.31. The van der Waals surface area contributed by atoms with Gasteiger partial charge in [0.2, 0.25) is 0 Å². The van der Waals surface area contributed by atoms with Crippen molar-refractivity contribution in [2.45, 2.75) is 6.04 Å². The Morgan fingerprint density at radius 3 is 2.44 bits per heavy atom. The van der Waals surface area contributed by atoms with Gasteiger partial charge in [0.15, 0.2) is 0 Å². The molecule has 2 aromatic rings. The van der Waals surface area contributed by atoms with Crippen LogP contribution in [0.5, 0.6) is 0 Å². The molecule has 0 saturated heterocycles. The maximum absolute atomic E-state index is 13.7. The smallest absolute Gasteiger partial charge is 0.128 e. The molecule has 0 radical (unpaired) electrons. The van der Waals surface area contributed by atoms with Gasteiger partial charge in [-0.25, -0.2) is 4.39 Å². The fourth-order valence-corrected chi connectivity index (χ4v) is 1.77. The molecule has 0 saturated carbocycles. The highest BCUT2D eigenvalue weighted by Crippen LogP contribution is 2.23. The lowest BCUT2D eigenvalue weighted by molar-refractivity contribution is 0.576. The van der Waals surface area contributed by atoms with E-state index in [9.17, 15) is 4.39 Å². The van der Waals surface area contributed by atoms with Crippen LogP contribution < -0.4 is 5.32 Å². The Bertz CT molecular complexity index is 456. The van der Waals surface area contributed by atoms with Gasteiger partial charge in [-0.2, -0.15) is 0 Å². The van der Waals surface area contributed by atoms with E-state index in [1.807, 2.05) is 25.2 Å². The van der Waals surface area contributed by atoms with Crippen molar-refractivity contribution in [3.63, 3.8) is 0 Å². The van der Waals surface area contributed by atoms with Gasteiger partial charge in [0.25, 0.3) is 0 Å². The summed E-state index contributed by atoms with van der Waals surface area (Å²) in [6.07, 6.45) is 3.42. The lowest BCUT2D eigenvalue weighted by atomic mass is 9.99. The van der Waals surface area contributed by atoms with E-state index < -0.39 is 0 Å². The summed E-state index contributed by atoms with van der Waals surface area (Å²) in [4.78, 5) is 3.96. The molecule has 0 fully saturated rings. The third-order valence-electron chi connectivity index (χ3n) is 2.54. The predicted molar refractivity (Wildman–Crippen MR) is 61.5 cm³/mol. The Balaban J connectivity index is 2.41. The summed E-state index contributed by atoms with van der Waals surface area (Å²) in [5, 5.41) is 3.11. The number of pyridine rings is 1. The summed E-state index contributed by atoms with van der Waals surface area (Å²) in [6, 6.07) is 10.4. The van der Waals surface area contributed by atoms with Crippen molar-refractivity contribution in [1.82, 2.24) is 10.3 Å². The summed E-state index contributed by atoms with van der Waals surface area (Å²) >= 11 is 0. The molecule has 1 unspecified atom stereocenters. The predicted octanol–water partition coefficient (Wildman–Crippen LogP) is 2.53. The Labute approximate surface area is 94.2 Å². The number of hydrogen-bond acceptors (Lipinski definition) is 2. The minimum Gasteiger partial charge on any atom is -0.309 e. The SMILES string of the molecule is CNC(c1ccncc1)c1ccccc1F. The van der Waals surface area contributed by atoms with E-state index in [2.05, 4.69) is 10.3 Å². The van der Waals surface area contributed by atoms with Crippen molar-refractivity contribution in [2.24, 2.45) is 0 Å². The average Bonchev–Trinajstić information content (AvgIpc) is 2.34. The number of nitrogens with one attached hydrogen (secondary N) is 1. The molecule has 2 nitrogen and oxygen atoms in total. The molecule has 3 heteroatoms. The largest absolute Gasteiger partial charge is 0.309 e. The molecule has 0 aliphatic rings. The third-order valence-corrected chi connectivity index (χ3v) is 2.54. The fraction of sp³-hybridized carbons (Fsp3) is 0.154. The van der Waals surface area contributed by atoms with Crippen LogP contribution in [0, 0.1) is 5.82 Å². The Morgan fingerprint density at radius 1 is 1.12 bits per heavy atom. The highest BCUT2D eigenvalue weighted by atomic mass is 19.1. The van der Waals surface area contributed by atoms with Gasteiger partial charge in [-0.15, -0.1) is 0 Å². The van der Waals surface area contributed by atoms with E-state index in [0.717, 1.165) is 5.56 Å². The molecule has 0 spiro atoms. The Kier molecular flexibility index (Phi) is 3.27. The standard InChI is InChI=1S/C13H13FN2/c1-15-13(10-6-8-16-9-7-10)11-4-2-3-5-12(11)14/h2-9,13,15H,1H3. The van der Waals surface area contributed by atoms with Gasteiger partial charge in [-0.3, -0.25) is 4.98 Å². The molecule has 1 aromatic heterocycles. The van der Waals surface area contributed by atoms with Gasteiger partial charge in [0.05, 0.1) is 6.04 Å². The molecular weight excluding hydrogens is 203 g/mol. The van der Waals surface area contributed by atoms with Crippen LogP contribution in [0.15, 0.2) is 48.8 Å². The van der Waals surface area contributed by atoms with E-state index in [1.54, 1.807) is 24.5 Å². The Hall–Kier alpha value is -1.74. The van der Waals surface area contributed by atoms with Gasteiger partial charge in [0.1, 0.15) is 5.82 Å². The third kappa shape index (κ3) is 2.09. The zero-order valence-corrected chi connectivity index (χ0v) is 9.02. The van der Waals surface area contributed by atoms with Crippen molar-refractivity contribution in [2.75, 3.05) is 7.05 Å². The van der Waals surface area contributed by atoms with Gasteiger partial charge in [-0.05, 0) is 30.8 Å². The lowest BCUT2D eigenvalue weighted by Gasteiger charge is -2.17. The second-order valence-electron chi connectivity index (χ2n) is 3.52. The summed E-state index contributed by atoms with van der Waals surface area (Å²) < 4.78 is 13.7. The van der Waals surface area contributed by atoms with Gasteiger partial charge < -0.3 is 5.32 Å². The number of aromatic nitrogens is 1. The summed E-state index contributed by atoms with van der Waals surface area (Å²) in [5.41, 5.74) is 1.65. The first-order chi connectivity index (χ1) is 7.83. The molecule has 0 aliphatic heterocycles. The van der Waals surface area contributed by atoms with E-state index in [0.29, 0.717) is 5.56 Å². The maximum Gasteiger partial charge on any atom is 0.128 e. The summed E-state index contributed by atoms with van der Waals surface area (Å²) in [5.74, 6) is -0.196. The van der Waals surface area contributed by atoms with Crippen molar-refractivity contribution >= 4 is 0 Å². The van der Waals surface area contributed by atoms with Crippen LogP contribution in [0.2, 0.25) is 0 Å². The van der Waals surface area contributed by atoms with Crippen molar-refractivity contribution < 1.29 is 4.39 Å².